The average Bonchev–Trinajstić information content (AvgIpc) is 2.57. The predicted molar refractivity (Wildman–Crippen MR) is 69.5 cm³/mol. The summed E-state index contributed by atoms with van der Waals surface area (Å²) in [5.74, 6) is -1.53. The molecule has 6 heteroatoms. The molecule has 1 rings (SSSR count). The molecule has 1 heterocycles. The summed E-state index contributed by atoms with van der Waals surface area (Å²) in [7, 11) is 0. The molecule has 2 amide bonds. The molecule has 0 bridgehead atoms. The minimum atomic E-state index is -1.17. The maximum Gasteiger partial charge on any atom is 0.323 e. The number of nitrogens with one attached hydrogen (secondary N) is 1. The first-order valence-corrected chi connectivity index (χ1v) is 6.71. The van der Waals surface area contributed by atoms with E-state index in [1.165, 1.54) is 4.90 Å². The van der Waals surface area contributed by atoms with Crippen LogP contribution in [0.1, 0.15) is 46.5 Å². The molecule has 1 aliphatic heterocycles. The number of carboxylic acid groups (broad SMARTS) is 1. The van der Waals surface area contributed by atoms with Crippen LogP contribution >= 0.6 is 0 Å². The molecule has 2 atom stereocenters. The molecule has 108 valence electrons. The first-order chi connectivity index (χ1) is 8.85. The zero-order valence-corrected chi connectivity index (χ0v) is 11.7. The van der Waals surface area contributed by atoms with Gasteiger partial charge in [-0.2, -0.15) is 0 Å². The van der Waals surface area contributed by atoms with Gasteiger partial charge in [0.1, 0.15) is 5.54 Å². The fraction of sp³-hybridized carbons (Fsp3) is 0.769. The summed E-state index contributed by atoms with van der Waals surface area (Å²) < 4.78 is 0. The Kier molecular flexibility index (Phi) is 5.05. The average molecular weight is 270 g/mol. The SMILES string of the molecule is CCCN1C(=O)CC(NC(C)(CCC)C(=O)O)C1=O. The van der Waals surface area contributed by atoms with E-state index in [0.717, 1.165) is 0 Å². The number of nitrogens with zero attached hydrogens (tertiary/aromatic N) is 1. The van der Waals surface area contributed by atoms with Crippen molar-refractivity contribution < 1.29 is 19.5 Å². The zero-order valence-electron chi connectivity index (χ0n) is 11.7. The molecule has 2 N–H and O–H groups in total. The number of carboxylic acids is 1. The van der Waals surface area contributed by atoms with Crippen molar-refractivity contribution >= 4 is 17.8 Å². The fourth-order valence-corrected chi connectivity index (χ4v) is 2.38. The second-order valence-electron chi connectivity index (χ2n) is 5.17. The Morgan fingerprint density at radius 1 is 1.42 bits per heavy atom. The summed E-state index contributed by atoms with van der Waals surface area (Å²) in [5, 5.41) is 12.1. The Balaban J connectivity index is 2.79. The standard InChI is InChI=1S/C13H22N2O4/c1-4-6-13(3,12(18)19)14-9-8-10(16)15(7-5-2)11(9)17/h9,14H,4-8H2,1-3H3,(H,18,19). The number of likely N-dealkylation sites (tertiary alicyclic amines) is 1. The molecule has 19 heavy (non-hydrogen) atoms. The second kappa shape index (κ2) is 6.14. The Bertz CT molecular complexity index is 383. The van der Waals surface area contributed by atoms with E-state index in [1.807, 2.05) is 13.8 Å². The Morgan fingerprint density at radius 2 is 2.05 bits per heavy atom. The third kappa shape index (κ3) is 3.32. The molecule has 0 aromatic heterocycles. The van der Waals surface area contributed by atoms with Gasteiger partial charge in [-0.15, -0.1) is 0 Å². The normalized spacial score (nSPS) is 22.7. The van der Waals surface area contributed by atoms with Crippen molar-refractivity contribution in [3.63, 3.8) is 0 Å². The van der Waals surface area contributed by atoms with E-state index >= 15 is 0 Å². The van der Waals surface area contributed by atoms with E-state index in [4.69, 9.17) is 0 Å². The molecule has 6 nitrogen and oxygen atoms in total. The minimum Gasteiger partial charge on any atom is -0.480 e. The summed E-state index contributed by atoms with van der Waals surface area (Å²) >= 11 is 0. The highest BCUT2D eigenvalue weighted by Crippen LogP contribution is 2.20. The quantitative estimate of drug-likeness (QED) is 0.667. The zero-order chi connectivity index (χ0) is 14.6. The van der Waals surface area contributed by atoms with Crippen LogP contribution in [0.4, 0.5) is 0 Å². The van der Waals surface area contributed by atoms with Crippen molar-refractivity contribution in [2.75, 3.05) is 6.54 Å². The van der Waals surface area contributed by atoms with Gasteiger partial charge in [-0.3, -0.25) is 24.6 Å². The summed E-state index contributed by atoms with van der Waals surface area (Å²) in [6.45, 7) is 5.72. The van der Waals surface area contributed by atoms with Crippen LogP contribution in [0.15, 0.2) is 0 Å². The van der Waals surface area contributed by atoms with Crippen LogP contribution in [0, 0.1) is 0 Å². The smallest absolute Gasteiger partial charge is 0.323 e. The molecular formula is C13H22N2O4. The molecule has 1 fully saturated rings. The lowest BCUT2D eigenvalue weighted by Crippen LogP contribution is -2.55. The Hall–Kier alpha value is -1.43. The van der Waals surface area contributed by atoms with Crippen molar-refractivity contribution in [3.8, 4) is 0 Å². The van der Waals surface area contributed by atoms with Crippen LogP contribution in [-0.4, -0.2) is 45.9 Å². The number of carbonyl (C=O) groups excluding carboxylic acids is 2. The maximum atomic E-state index is 12.1. The number of hydrogen-bond donors (Lipinski definition) is 2. The first kappa shape index (κ1) is 15.6. The summed E-state index contributed by atoms with van der Waals surface area (Å²) in [4.78, 5) is 36.3. The lowest BCUT2D eigenvalue weighted by atomic mass is 9.95. The van der Waals surface area contributed by atoms with Gasteiger partial charge in [0, 0.05) is 6.54 Å². The van der Waals surface area contributed by atoms with Crippen molar-refractivity contribution in [2.45, 2.75) is 58.0 Å². The van der Waals surface area contributed by atoms with Crippen LogP contribution in [0.5, 0.6) is 0 Å². The third-order valence-corrected chi connectivity index (χ3v) is 3.41. The van der Waals surface area contributed by atoms with E-state index in [1.54, 1.807) is 6.92 Å². The van der Waals surface area contributed by atoms with Gasteiger partial charge in [0.05, 0.1) is 12.5 Å². The number of carbonyl (C=O) groups is 3. The Labute approximate surface area is 113 Å². The molecule has 0 radical (unpaired) electrons. The van der Waals surface area contributed by atoms with Crippen LogP contribution in [0.2, 0.25) is 0 Å². The highest BCUT2D eigenvalue weighted by molar-refractivity contribution is 6.05. The van der Waals surface area contributed by atoms with Crippen molar-refractivity contribution in [1.82, 2.24) is 10.2 Å². The molecule has 0 saturated carbocycles. The summed E-state index contributed by atoms with van der Waals surface area (Å²) in [6, 6.07) is -0.716. The number of amides is 2. The summed E-state index contributed by atoms with van der Waals surface area (Å²) in [5.41, 5.74) is -1.17. The molecule has 0 spiro atoms. The van der Waals surface area contributed by atoms with Gasteiger partial charge >= 0.3 is 5.97 Å². The monoisotopic (exact) mass is 270 g/mol. The largest absolute Gasteiger partial charge is 0.480 e. The van der Waals surface area contributed by atoms with E-state index in [2.05, 4.69) is 5.32 Å². The van der Waals surface area contributed by atoms with E-state index in [0.29, 0.717) is 25.8 Å². The van der Waals surface area contributed by atoms with E-state index in [-0.39, 0.29) is 18.2 Å². The third-order valence-electron chi connectivity index (χ3n) is 3.41. The highest BCUT2D eigenvalue weighted by atomic mass is 16.4. The predicted octanol–water partition coefficient (Wildman–Crippen LogP) is 0.757. The number of aliphatic carboxylic acids is 1. The van der Waals surface area contributed by atoms with E-state index in [9.17, 15) is 19.5 Å². The molecular weight excluding hydrogens is 248 g/mol. The van der Waals surface area contributed by atoms with Crippen LogP contribution < -0.4 is 5.32 Å². The van der Waals surface area contributed by atoms with Gasteiger partial charge in [-0.25, -0.2) is 0 Å². The van der Waals surface area contributed by atoms with Crippen LogP contribution in [0.3, 0.4) is 0 Å². The van der Waals surface area contributed by atoms with Crippen LogP contribution in [0.25, 0.3) is 0 Å². The number of hydrogen-bond acceptors (Lipinski definition) is 4. The number of imide groups is 1. The van der Waals surface area contributed by atoms with Gasteiger partial charge in [0.25, 0.3) is 0 Å². The summed E-state index contributed by atoms with van der Waals surface area (Å²) in [6.07, 6.45) is 1.85. The minimum absolute atomic E-state index is 0.0470. The molecule has 1 aliphatic rings. The van der Waals surface area contributed by atoms with Crippen LogP contribution in [-0.2, 0) is 14.4 Å². The van der Waals surface area contributed by atoms with Gasteiger partial charge in [-0.05, 0) is 19.8 Å². The van der Waals surface area contributed by atoms with Gasteiger partial charge in [-0.1, -0.05) is 20.3 Å². The van der Waals surface area contributed by atoms with Crippen molar-refractivity contribution in [2.24, 2.45) is 0 Å². The topological polar surface area (TPSA) is 86.7 Å². The first-order valence-electron chi connectivity index (χ1n) is 6.71. The van der Waals surface area contributed by atoms with Gasteiger partial charge in [0.15, 0.2) is 0 Å². The fourth-order valence-electron chi connectivity index (χ4n) is 2.38. The van der Waals surface area contributed by atoms with Gasteiger partial charge in [0.2, 0.25) is 11.8 Å². The number of rotatable bonds is 7. The Morgan fingerprint density at radius 3 is 2.53 bits per heavy atom. The van der Waals surface area contributed by atoms with Crippen molar-refractivity contribution in [3.05, 3.63) is 0 Å². The molecule has 0 aliphatic carbocycles. The second-order valence-corrected chi connectivity index (χ2v) is 5.17. The molecule has 0 aromatic rings. The highest BCUT2D eigenvalue weighted by Gasteiger charge is 2.43. The lowest BCUT2D eigenvalue weighted by molar-refractivity contribution is -0.145. The molecule has 2 unspecified atom stereocenters. The molecule has 1 saturated heterocycles. The maximum absolute atomic E-state index is 12.1. The van der Waals surface area contributed by atoms with E-state index < -0.39 is 17.6 Å². The molecule has 0 aromatic carbocycles. The van der Waals surface area contributed by atoms with Gasteiger partial charge < -0.3 is 5.11 Å². The lowest BCUT2D eigenvalue weighted by Gasteiger charge is -2.28. The van der Waals surface area contributed by atoms with Crippen molar-refractivity contribution in [1.29, 1.82) is 0 Å².